The van der Waals surface area contributed by atoms with E-state index in [0.29, 0.717) is 12.1 Å². The van der Waals surface area contributed by atoms with E-state index in [1.165, 1.54) is 32.4 Å². The predicted octanol–water partition coefficient (Wildman–Crippen LogP) is 1.11. The molecule has 0 aliphatic carbocycles. The maximum absolute atomic E-state index is 5.62. The standard InChI is InChI=1S/C14H28N2O2/c1-12(8-15-9-14-4-3-7-18-14)16-6-5-13(10-16)11-17-2/h12-15H,3-11H2,1-2H3. The number of hydrogen-bond donors (Lipinski definition) is 1. The van der Waals surface area contributed by atoms with Crippen molar-refractivity contribution in [2.75, 3.05) is 46.5 Å². The molecule has 106 valence electrons. The average Bonchev–Trinajstić information content (AvgIpc) is 3.00. The fourth-order valence-corrected chi connectivity index (χ4v) is 3.02. The third-order valence-corrected chi connectivity index (χ3v) is 4.18. The first-order valence-electron chi connectivity index (χ1n) is 7.35. The molecule has 0 saturated carbocycles. The van der Waals surface area contributed by atoms with Crippen molar-refractivity contribution < 1.29 is 9.47 Å². The van der Waals surface area contributed by atoms with Crippen LogP contribution in [0, 0.1) is 5.92 Å². The molecule has 0 spiro atoms. The fourth-order valence-electron chi connectivity index (χ4n) is 3.02. The zero-order valence-electron chi connectivity index (χ0n) is 11.9. The number of hydrogen-bond acceptors (Lipinski definition) is 4. The monoisotopic (exact) mass is 256 g/mol. The summed E-state index contributed by atoms with van der Waals surface area (Å²) in [6, 6.07) is 0.619. The smallest absolute Gasteiger partial charge is 0.0700 e. The van der Waals surface area contributed by atoms with Crippen LogP contribution in [0.5, 0.6) is 0 Å². The molecule has 0 aromatic rings. The largest absolute Gasteiger partial charge is 0.384 e. The number of methoxy groups -OCH3 is 1. The van der Waals surface area contributed by atoms with Gasteiger partial charge in [-0.05, 0) is 38.6 Å². The summed E-state index contributed by atoms with van der Waals surface area (Å²) >= 11 is 0. The van der Waals surface area contributed by atoms with Crippen LogP contribution < -0.4 is 5.32 Å². The molecule has 0 aromatic heterocycles. The molecule has 3 unspecified atom stereocenters. The maximum Gasteiger partial charge on any atom is 0.0700 e. The first-order chi connectivity index (χ1) is 8.79. The maximum atomic E-state index is 5.62. The van der Waals surface area contributed by atoms with Gasteiger partial charge in [-0.15, -0.1) is 0 Å². The van der Waals surface area contributed by atoms with Crippen molar-refractivity contribution in [1.29, 1.82) is 0 Å². The topological polar surface area (TPSA) is 33.7 Å². The molecule has 2 aliphatic rings. The van der Waals surface area contributed by atoms with E-state index in [4.69, 9.17) is 9.47 Å². The highest BCUT2D eigenvalue weighted by Crippen LogP contribution is 2.18. The molecule has 0 bridgehead atoms. The molecule has 18 heavy (non-hydrogen) atoms. The first kappa shape index (κ1) is 14.3. The second kappa shape index (κ2) is 7.43. The predicted molar refractivity (Wildman–Crippen MR) is 72.9 cm³/mol. The Bertz CT molecular complexity index is 232. The minimum atomic E-state index is 0.456. The van der Waals surface area contributed by atoms with E-state index in [1.54, 1.807) is 7.11 Å². The molecular weight excluding hydrogens is 228 g/mol. The van der Waals surface area contributed by atoms with Gasteiger partial charge >= 0.3 is 0 Å². The quantitative estimate of drug-likeness (QED) is 0.740. The third kappa shape index (κ3) is 4.19. The Morgan fingerprint density at radius 1 is 1.44 bits per heavy atom. The summed E-state index contributed by atoms with van der Waals surface area (Å²) in [6.45, 7) is 8.67. The van der Waals surface area contributed by atoms with Gasteiger partial charge in [0.05, 0.1) is 12.7 Å². The SMILES string of the molecule is COCC1CCN(C(C)CNCC2CCCO2)C1. The molecule has 2 fully saturated rings. The fraction of sp³-hybridized carbons (Fsp3) is 1.00. The molecule has 4 heteroatoms. The van der Waals surface area contributed by atoms with E-state index in [2.05, 4.69) is 17.1 Å². The van der Waals surface area contributed by atoms with E-state index in [-0.39, 0.29) is 0 Å². The Labute approximate surface area is 111 Å². The molecule has 2 rings (SSSR count). The molecule has 1 N–H and O–H groups in total. The van der Waals surface area contributed by atoms with Crippen molar-refractivity contribution in [3.63, 3.8) is 0 Å². The van der Waals surface area contributed by atoms with Gasteiger partial charge in [0.2, 0.25) is 0 Å². The second-order valence-electron chi connectivity index (χ2n) is 5.75. The van der Waals surface area contributed by atoms with Gasteiger partial charge in [-0.1, -0.05) is 0 Å². The van der Waals surface area contributed by atoms with E-state index in [1.807, 2.05) is 0 Å². The number of ether oxygens (including phenoxy) is 2. The van der Waals surface area contributed by atoms with Crippen molar-refractivity contribution in [3.05, 3.63) is 0 Å². The van der Waals surface area contributed by atoms with Crippen LogP contribution in [-0.4, -0.2) is 63.5 Å². The van der Waals surface area contributed by atoms with Crippen molar-refractivity contribution >= 4 is 0 Å². The third-order valence-electron chi connectivity index (χ3n) is 4.18. The Kier molecular flexibility index (Phi) is 5.89. The Morgan fingerprint density at radius 3 is 3.06 bits per heavy atom. The van der Waals surface area contributed by atoms with Crippen molar-refractivity contribution in [1.82, 2.24) is 10.2 Å². The molecule has 3 atom stereocenters. The van der Waals surface area contributed by atoms with E-state index < -0.39 is 0 Å². The Hall–Kier alpha value is -0.160. The van der Waals surface area contributed by atoms with Crippen LogP contribution in [0.3, 0.4) is 0 Å². The van der Waals surface area contributed by atoms with Gasteiger partial charge in [-0.25, -0.2) is 0 Å². The van der Waals surface area contributed by atoms with Crippen molar-refractivity contribution in [3.8, 4) is 0 Å². The van der Waals surface area contributed by atoms with Gasteiger partial charge in [0.15, 0.2) is 0 Å². The van der Waals surface area contributed by atoms with Crippen LogP contribution in [0.4, 0.5) is 0 Å². The van der Waals surface area contributed by atoms with Crippen LogP contribution in [0.1, 0.15) is 26.2 Å². The molecule has 2 heterocycles. The lowest BCUT2D eigenvalue weighted by molar-refractivity contribution is 0.107. The van der Waals surface area contributed by atoms with E-state index >= 15 is 0 Å². The van der Waals surface area contributed by atoms with Gasteiger partial charge in [-0.2, -0.15) is 0 Å². The second-order valence-corrected chi connectivity index (χ2v) is 5.75. The molecule has 4 nitrogen and oxygen atoms in total. The molecule has 2 saturated heterocycles. The van der Waals surface area contributed by atoms with E-state index in [0.717, 1.165) is 32.2 Å². The molecule has 0 aromatic carbocycles. The highest BCUT2D eigenvalue weighted by Gasteiger charge is 2.25. The summed E-state index contributed by atoms with van der Waals surface area (Å²) < 4.78 is 10.9. The van der Waals surface area contributed by atoms with Gasteiger partial charge < -0.3 is 14.8 Å². The van der Waals surface area contributed by atoms with Gasteiger partial charge in [0.25, 0.3) is 0 Å². The number of rotatable bonds is 7. The highest BCUT2D eigenvalue weighted by molar-refractivity contribution is 4.81. The number of nitrogens with zero attached hydrogens (tertiary/aromatic N) is 1. The van der Waals surface area contributed by atoms with Crippen molar-refractivity contribution in [2.45, 2.75) is 38.3 Å². The van der Waals surface area contributed by atoms with Gasteiger partial charge in [0, 0.05) is 39.4 Å². The molecular formula is C14H28N2O2. The summed E-state index contributed by atoms with van der Waals surface area (Å²) in [5.41, 5.74) is 0. The van der Waals surface area contributed by atoms with Crippen molar-refractivity contribution in [2.24, 2.45) is 5.92 Å². The lowest BCUT2D eigenvalue weighted by atomic mass is 10.1. The molecule has 0 amide bonds. The minimum absolute atomic E-state index is 0.456. The Balaban J connectivity index is 1.58. The minimum Gasteiger partial charge on any atom is -0.384 e. The van der Waals surface area contributed by atoms with E-state index in [9.17, 15) is 0 Å². The van der Waals surface area contributed by atoms with Crippen LogP contribution in [0.15, 0.2) is 0 Å². The zero-order valence-corrected chi connectivity index (χ0v) is 11.9. The number of nitrogens with one attached hydrogen (secondary N) is 1. The summed E-state index contributed by atoms with van der Waals surface area (Å²) in [7, 11) is 1.80. The summed E-state index contributed by atoms with van der Waals surface area (Å²) in [5, 5.41) is 3.55. The first-order valence-corrected chi connectivity index (χ1v) is 7.35. The summed E-state index contributed by atoms with van der Waals surface area (Å²) in [6.07, 6.45) is 4.19. The van der Waals surface area contributed by atoms with Gasteiger partial charge in [0.1, 0.15) is 0 Å². The molecule has 0 radical (unpaired) electrons. The molecule has 2 aliphatic heterocycles. The van der Waals surface area contributed by atoms with Crippen LogP contribution in [0.2, 0.25) is 0 Å². The normalized spacial score (nSPS) is 31.0. The lowest BCUT2D eigenvalue weighted by Crippen LogP contribution is -2.41. The summed E-state index contributed by atoms with van der Waals surface area (Å²) in [5.74, 6) is 0.732. The van der Waals surface area contributed by atoms with Crippen LogP contribution in [-0.2, 0) is 9.47 Å². The van der Waals surface area contributed by atoms with Crippen LogP contribution >= 0.6 is 0 Å². The van der Waals surface area contributed by atoms with Crippen LogP contribution in [0.25, 0.3) is 0 Å². The summed E-state index contributed by atoms with van der Waals surface area (Å²) in [4.78, 5) is 2.58. The number of likely N-dealkylation sites (tertiary alicyclic amines) is 1. The van der Waals surface area contributed by atoms with Gasteiger partial charge in [-0.3, -0.25) is 4.90 Å². The lowest BCUT2D eigenvalue weighted by Gasteiger charge is -2.25. The Morgan fingerprint density at radius 2 is 2.33 bits per heavy atom. The highest BCUT2D eigenvalue weighted by atomic mass is 16.5. The zero-order chi connectivity index (χ0) is 12.8. The average molecular weight is 256 g/mol.